The molecule has 0 heterocycles. The third-order valence-corrected chi connectivity index (χ3v) is 11.0. The molecule has 0 unspecified atom stereocenters. The molecule has 0 bridgehead atoms. The summed E-state index contributed by atoms with van der Waals surface area (Å²) in [4.78, 5) is 24.4. The molecule has 0 saturated carbocycles. The van der Waals surface area contributed by atoms with Crippen molar-refractivity contribution in [1.29, 1.82) is 0 Å². The van der Waals surface area contributed by atoms with E-state index < -0.39 is 6.10 Å². The molecular weight excluding hydrogens is 681 g/mol. The Bertz CT molecular complexity index is 836. The van der Waals surface area contributed by atoms with Crippen LogP contribution in [0.25, 0.3) is 0 Å². The van der Waals surface area contributed by atoms with Crippen molar-refractivity contribution in [2.45, 2.75) is 270 Å². The molecule has 0 amide bonds. The second-order valence-corrected chi connectivity index (χ2v) is 16.5. The highest BCUT2D eigenvalue weighted by atomic mass is 16.6. The number of ether oxygens (including phenoxy) is 2. The monoisotopic (exact) mass is 775 g/mol. The maximum atomic E-state index is 12.2. The van der Waals surface area contributed by atoms with Gasteiger partial charge in [-0.15, -0.1) is 0 Å². The minimum absolute atomic E-state index is 0.0764. The Kier molecular flexibility index (Phi) is 45.4. The van der Waals surface area contributed by atoms with E-state index in [4.69, 9.17) is 9.47 Å². The molecule has 5 heteroatoms. The first-order chi connectivity index (χ1) is 27.1. The van der Waals surface area contributed by atoms with Gasteiger partial charge in [0.25, 0.3) is 0 Å². The van der Waals surface area contributed by atoms with Gasteiger partial charge in [0, 0.05) is 12.8 Å². The van der Waals surface area contributed by atoms with Gasteiger partial charge in [0.05, 0.1) is 6.61 Å². The number of unbranched alkanes of at least 4 members (excludes halogenated alkanes) is 33. The van der Waals surface area contributed by atoms with E-state index >= 15 is 0 Å². The quantitative estimate of drug-likeness (QED) is 0.0379. The minimum Gasteiger partial charge on any atom is -0.462 e. The number of carbonyl (C=O) groups is 2. The van der Waals surface area contributed by atoms with Crippen LogP contribution in [-0.2, 0) is 19.1 Å². The number of hydrogen-bond acceptors (Lipinski definition) is 5. The van der Waals surface area contributed by atoms with Gasteiger partial charge in [0.15, 0.2) is 6.10 Å². The lowest BCUT2D eigenvalue weighted by molar-refractivity contribution is -0.161. The zero-order valence-electron chi connectivity index (χ0n) is 37.0. The molecule has 324 valence electrons. The number of esters is 2. The highest BCUT2D eigenvalue weighted by Crippen LogP contribution is 2.16. The zero-order valence-corrected chi connectivity index (χ0v) is 37.0. The van der Waals surface area contributed by atoms with E-state index in [1.54, 1.807) is 0 Å². The molecule has 1 atom stereocenters. The number of hydrogen-bond donors (Lipinski definition) is 1. The molecule has 0 aliphatic carbocycles. The SMILES string of the molecule is CCCCCCCCCCCCCCCC/C=C/CC/C=C/CCCC(=O)O[C@@H](CO)COC(=O)CCCCCCCCCCCCCCCCCCCC. The smallest absolute Gasteiger partial charge is 0.306 e. The summed E-state index contributed by atoms with van der Waals surface area (Å²) < 4.78 is 10.6. The third-order valence-electron chi connectivity index (χ3n) is 11.0. The first-order valence-electron chi connectivity index (χ1n) is 24.4. The summed E-state index contributed by atoms with van der Waals surface area (Å²) in [5.41, 5.74) is 0. The van der Waals surface area contributed by atoms with Crippen molar-refractivity contribution in [3.8, 4) is 0 Å². The van der Waals surface area contributed by atoms with Crippen molar-refractivity contribution < 1.29 is 24.2 Å². The largest absolute Gasteiger partial charge is 0.462 e. The van der Waals surface area contributed by atoms with Gasteiger partial charge in [-0.1, -0.05) is 231 Å². The first-order valence-corrected chi connectivity index (χ1v) is 24.4. The number of carbonyl (C=O) groups excluding carboxylic acids is 2. The van der Waals surface area contributed by atoms with Gasteiger partial charge in [0.1, 0.15) is 6.61 Å². The van der Waals surface area contributed by atoms with Crippen LogP contribution in [0.2, 0.25) is 0 Å². The Labute approximate surface area is 343 Å². The minimum atomic E-state index is -0.788. The van der Waals surface area contributed by atoms with E-state index in [1.165, 1.54) is 193 Å². The summed E-state index contributed by atoms with van der Waals surface area (Å²) in [7, 11) is 0. The fourth-order valence-electron chi connectivity index (χ4n) is 7.28. The topological polar surface area (TPSA) is 72.8 Å². The zero-order chi connectivity index (χ0) is 40.0. The van der Waals surface area contributed by atoms with Gasteiger partial charge in [0.2, 0.25) is 0 Å². The molecule has 0 aliphatic heterocycles. The number of rotatable bonds is 45. The average Bonchev–Trinajstić information content (AvgIpc) is 3.19. The Morgan fingerprint density at radius 1 is 0.400 bits per heavy atom. The van der Waals surface area contributed by atoms with E-state index in [2.05, 4.69) is 38.2 Å². The molecule has 0 aromatic rings. The first kappa shape index (κ1) is 53.4. The Balaban J connectivity index is 3.52. The molecule has 0 aromatic carbocycles. The van der Waals surface area contributed by atoms with E-state index in [0.717, 1.165) is 38.5 Å². The molecule has 0 aliphatic rings. The Morgan fingerprint density at radius 2 is 0.709 bits per heavy atom. The van der Waals surface area contributed by atoms with Gasteiger partial charge in [-0.2, -0.15) is 0 Å². The summed E-state index contributed by atoms with van der Waals surface area (Å²) >= 11 is 0. The standard InChI is InChI=1S/C50H94O5/c1-3-5-7-9-11-13-15-17-19-21-23-24-25-26-27-29-31-33-35-37-39-41-43-45-50(53)55-48(46-51)47-54-49(52)44-42-40-38-36-34-32-30-28-22-20-18-16-14-12-10-8-6-4-2/h29,31,37,39,48,51H,3-28,30,32-36,38,40-47H2,1-2H3/b31-29+,39-37+/t48-/m0/s1. The van der Waals surface area contributed by atoms with Crippen molar-refractivity contribution in [2.75, 3.05) is 13.2 Å². The molecule has 0 radical (unpaired) electrons. The lowest BCUT2D eigenvalue weighted by atomic mass is 10.0. The second kappa shape index (κ2) is 46.8. The Morgan fingerprint density at radius 3 is 1.09 bits per heavy atom. The van der Waals surface area contributed by atoms with Crippen LogP contribution in [0.3, 0.4) is 0 Å². The molecule has 5 nitrogen and oxygen atoms in total. The summed E-state index contributed by atoms with van der Waals surface area (Å²) in [5, 5.41) is 9.60. The lowest BCUT2D eigenvalue weighted by Gasteiger charge is -2.15. The fourth-order valence-corrected chi connectivity index (χ4v) is 7.28. The van der Waals surface area contributed by atoms with Crippen LogP contribution in [-0.4, -0.2) is 36.4 Å². The molecule has 55 heavy (non-hydrogen) atoms. The maximum absolute atomic E-state index is 12.2. The predicted molar refractivity (Wildman–Crippen MR) is 238 cm³/mol. The predicted octanol–water partition coefficient (Wildman–Crippen LogP) is 15.8. The van der Waals surface area contributed by atoms with Gasteiger partial charge < -0.3 is 14.6 Å². The highest BCUT2D eigenvalue weighted by Gasteiger charge is 2.16. The summed E-state index contributed by atoms with van der Waals surface area (Å²) in [6, 6.07) is 0. The van der Waals surface area contributed by atoms with Crippen molar-refractivity contribution in [3.63, 3.8) is 0 Å². The highest BCUT2D eigenvalue weighted by molar-refractivity contribution is 5.70. The molecule has 0 aromatic heterocycles. The van der Waals surface area contributed by atoms with Crippen LogP contribution >= 0.6 is 0 Å². The maximum Gasteiger partial charge on any atom is 0.306 e. The van der Waals surface area contributed by atoms with E-state index in [9.17, 15) is 14.7 Å². The molecule has 0 saturated heterocycles. The average molecular weight is 775 g/mol. The third kappa shape index (κ3) is 45.0. The van der Waals surface area contributed by atoms with E-state index in [-0.39, 0.29) is 25.2 Å². The van der Waals surface area contributed by atoms with E-state index in [1.807, 2.05) is 0 Å². The van der Waals surface area contributed by atoms with Crippen molar-refractivity contribution in [2.24, 2.45) is 0 Å². The van der Waals surface area contributed by atoms with Gasteiger partial charge in [-0.3, -0.25) is 9.59 Å². The number of allylic oxidation sites excluding steroid dienone is 4. The van der Waals surface area contributed by atoms with Crippen molar-refractivity contribution in [1.82, 2.24) is 0 Å². The fraction of sp³-hybridized carbons (Fsp3) is 0.880. The van der Waals surface area contributed by atoms with Crippen LogP contribution in [0.1, 0.15) is 264 Å². The summed E-state index contributed by atoms with van der Waals surface area (Å²) in [5.74, 6) is -0.626. The molecule has 0 spiro atoms. The summed E-state index contributed by atoms with van der Waals surface area (Å²) in [6.07, 6.45) is 57.0. The lowest BCUT2D eigenvalue weighted by Crippen LogP contribution is -2.28. The second-order valence-electron chi connectivity index (χ2n) is 16.5. The van der Waals surface area contributed by atoms with Crippen LogP contribution in [0.5, 0.6) is 0 Å². The van der Waals surface area contributed by atoms with Crippen molar-refractivity contribution >= 4 is 11.9 Å². The number of aliphatic hydroxyl groups excluding tert-OH is 1. The van der Waals surface area contributed by atoms with Crippen molar-refractivity contribution in [3.05, 3.63) is 24.3 Å². The van der Waals surface area contributed by atoms with Gasteiger partial charge in [-0.05, 0) is 44.9 Å². The van der Waals surface area contributed by atoms with Crippen LogP contribution in [0, 0.1) is 0 Å². The normalized spacial score (nSPS) is 12.3. The van der Waals surface area contributed by atoms with Crippen LogP contribution in [0.15, 0.2) is 24.3 Å². The molecular formula is C50H94O5. The number of aliphatic hydroxyl groups is 1. The van der Waals surface area contributed by atoms with E-state index in [0.29, 0.717) is 19.3 Å². The van der Waals surface area contributed by atoms with Crippen LogP contribution < -0.4 is 0 Å². The van der Waals surface area contributed by atoms with Gasteiger partial charge >= 0.3 is 11.9 Å². The molecule has 0 rings (SSSR count). The Hall–Kier alpha value is -1.62. The summed E-state index contributed by atoms with van der Waals surface area (Å²) in [6.45, 7) is 4.15. The molecule has 1 N–H and O–H groups in total. The van der Waals surface area contributed by atoms with Gasteiger partial charge in [-0.25, -0.2) is 0 Å². The van der Waals surface area contributed by atoms with Crippen LogP contribution in [0.4, 0.5) is 0 Å². The molecule has 0 fully saturated rings.